The van der Waals surface area contributed by atoms with E-state index in [0.29, 0.717) is 40.5 Å². The highest BCUT2D eigenvalue weighted by Crippen LogP contribution is 2.43. The third-order valence-electron chi connectivity index (χ3n) is 4.95. The van der Waals surface area contributed by atoms with E-state index in [9.17, 15) is 19.7 Å². The van der Waals surface area contributed by atoms with Gasteiger partial charge in [0.1, 0.15) is 5.82 Å². The molecule has 2 aliphatic rings. The Balaban J connectivity index is 1.91. The van der Waals surface area contributed by atoms with E-state index in [0.717, 1.165) is 17.9 Å². The number of nitro benzene ring substituents is 1. The Morgan fingerprint density at radius 2 is 2.00 bits per heavy atom. The van der Waals surface area contributed by atoms with Gasteiger partial charge in [-0.15, -0.1) is 0 Å². The third kappa shape index (κ3) is 3.11. The van der Waals surface area contributed by atoms with E-state index in [-0.39, 0.29) is 17.0 Å². The number of fused-ring (bicyclic) bond motifs is 1. The Kier molecular flexibility index (Phi) is 4.76. The molecule has 0 saturated heterocycles. The highest BCUT2D eigenvalue weighted by Gasteiger charge is 2.37. The second kappa shape index (κ2) is 7.23. The number of anilines is 1. The van der Waals surface area contributed by atoms with Gasteiger partial charge in [-0.25, -0.2) is 4.98 Å². The van der Waals surface area contributed by atoms with Crippen LogP contribution in [-0.4, -0.2) is 26.4 Å². The fourth-order valence-electron chi connectivity index (χ4n) is 3.77. The van der Waals surface area contributed by atoms with E-state index in [1.165, 1.54) is 23.9 Å². The lowest BCUT2D eigenvalue weighted by molar-refractivity contribution is -0.384. The number of aromatic amines is 1. The zero-order chi connectivity index (χ0) is 19.8. The van der Waals surface area contributed by atoms with E-state index in [2.05, 4.69) is 15.3 Å². The van der Waals surface area contributed by atoms with Gasteiger partial charge >= 0.3 is 0 Å². The maximum atomic E-state index is 12.9. The van der Waals surface area contributed by atoms with Gasteiger partial charge in [0, 0.05) is 35.7 Å². The van der Waals surface area contributed by atoms with Crippen LogP contribution in [0.3, 0.4) is 0 Å². The van der Waals surface area contributed by atoms with Crippen molar-refractivity contribution in [2.24, 2.45) is 0 Å². The number of ketones is 1. The van der Waals surface area contributed by atoms with Crippen LogP contribution in [0.25, 0.3) is 0 Å². The Bertz CT molecular complexity index is 1060. The van der Waals surface area contributed by atoms with E-state index >= 15 is 0 Å². The molecule has 144 valence electrons. The number of non-ortho nitro benzene ring substituents is 1. The van der Waals surface area contributed by atoms with Gasteiger partial charge < -0.3 is 10.3 Å². The average molecular weight is 398 g/mol. The summed E-state index contributed by atoms with van der Waals surface area (Å²) in [6.45, 7) is 1.97. The van der Waals surface area contributed by atoms with Crippen LogP contribution in [0, 0.1) is 10.1 Å². The van der Waals surface area contributed by atoms with Crippen LogP contribution in [-0.2, 0) is 4.79 Å². The summed E-state index contributed by atoms with van der Waals surface area (Å²) in [5.41, 5.74) is 2.06. The van der Waals surface area contributed by atoms with Crippen molar-refractivity contribution in [3.8, 4) is 0 Å². The summed E-state index contributed by atoms with van der Waals surface area (Å²) >= 11 is 1.43. The van der Waals surface area contributed by atoms with E-state index in [4.69, 9.17) is 0 Å². The number of rotatable bonds is 4. The number of carbonyl (C=O) groups is 1. The van der Waals surface area contributed by atoms with Crippen molar-refractivity contribution in [1.29, 1.82) is 0 Å². The number of nitrogens with one attached hydrogen (secondary N) is 2. The van der Waals surface area contributed by atoms with Gasteiger partial charge in [0.05, 0.1) is 10.5 Å². The molecule has 1 aliphatic carbocycles. The van der Waals surface area contributed by atoms with Crippen molar-refractivity contribution >= 4 is 29.1 Å². The number of H-pyrrole nitrogens is 1. The maximum absolute atomic E-state index is 12.9. The molecule has 1 aromatic heterocycles. The zero-order valence-electron chi connectivity index (χ0n) is 15.2. The minimum atomic E-state index is -0.586. The van der Waals surface area contributed by atoms with Crippen molar-refractivity contribution in [2.75, 3.05) is 11.1 Å². The zero-order valence-corrected chi connectivity index (χ0v) is 16.0. The molecule has 1 aliphatic heterocycles. The molecule has 1 aromatic carbocycles. The number of allylic oxidation sites excluding steroid dienone is 2. The van der Waals surface area contributed by atoms with Gasteiger partial charge in [-0.05, 0) is 24.2 Å². The predicted octanol–water partition coefficient (Wildman–Crippen LogP) is 3.35. The number of thioether (sulfide) groups is 1. The van der Waals surface area contributed by atoms with Crippen LogP contribution in [0.15, 0.2) is 45.5 Å². The first kappa shape index (κ1) is 18.4. The van der Waals surface area contributed by atoms with Crippen LogP contribution in [0.4, 0.5) is 11.5 Å². The van der Waals surface area contributed by atoms with E-state index in [1.54, 1.807) is 12.1 Å². The molecule has 0 amide bonds. The average Bonchev–Trinajstić information content (AvgIpc) is 2.67. The molecule has 0 bridgehead atoms. The number of hydrogen-bond acceptors (Lipinski definition) is 7. The Labute approximate surface area is 164 Å². The SMILES string of the molecule is CCSc1nc2c(c(=O)[nH]1)C(c1ccc([N+](=O)[O-])cc1)C1=C(CCCC1=O)N2. The highest BCUT2D eigenvalue weighted by molar-refractivity contribution is 7.99. The van der Waals surface area contributed by atoms with Crippen LogP contribution < -0.4 is 10.9 Å². The molecule has 2 N–H and O–H groups in total. The summed E-state index contributed by atoms with van der Waals surface area (Å²) < 4.78 is 0. The summed E-state index contributed by atoms with van der Waals surface area (Å²) in [5.74, 6) is 0.627. The molecule has 0 radical (unpaired) electrons. The van der Waals surface area contributed by atoms with Crippen LogP contribution >= 0.6 is 11.8 Å². The molecule has 0 spiro atoms. The molecule has 2 aromatic rings. The van der Waals surface area contributed by atoms with Gasteiger partial charge in [-0.3, -0.25) is 19.7 Å². The lowest BCUT2D eigenvalue weighted by atomic mass is 9.76. The fourth-order valence-corrected chi connectivity index (χ4v) is 4.36. The molecular formula is C19H18N4O4S. The highest BCUT2D eigenvalue weighted by atomic mass is 32.2. The number of hydrogen-bond donors (Lipinski definition) is 2. The molecule has 1 atom stereocenters. The number of Topliss-reactive ketones (excluding diaryl/α,β-unsaturated/α-hetero) is 1. The van der Waals surface area contributed by atoms with Gasteiger partial charge in [-0.1, -0.05) is 30.8 Å². The Hall–Kier alpha value is -2.94. The Morgan fingerprint density at radius 1 is 1.25 bits per heavy atom. The molecule has 9 heteroatoms. The lowest BCUT2D eigenvalue weighted by Gasteiger charge is -2.32. The summed E-state index contributed by atoms with van der Waals surface area (Å²) in [4.78, 5) is 43.5. The monoisotopic (exact) mass is 398 g/mol. The molecule has 4 rings (SSSR count). The smallest absolute Gasteiger partial charge is 0.269 e. The predicted molar refractivity (Wildman–Crippen MR) is 106 cm³/mol. The first-order valence-corrected chi connectivity index (χ1v) is 10.0. The Morgan fingerprint density at radius 3 is 2.68 bits per heavy atom. The third-order valence-corrected chi connectivity index (χ3v) is 5.71. The minimum absolute atomic E-state index is 0.00541. The van der Waals surface area contributed by atoms with Crippen molar-refractivity contribution < 1.29 is 9.72 Å². The number of benzene rings is 1. The molecule has 1 unspecified atom stereocenters. The van der Waals surface area contributed by atoms with Crippen molar-refractivity contribution in [3.05, 3.63) is 67.1 Å². The minimum Gasteiger partial charge on any atom is -0.343 e. The number of nitro groups is 1. The molecule has 8 nitrogen and oxygen atoms in total. The quantitative estimate of drug-likeness (QED) is 0.351. The molecule has 0 saturated carbocycles. The van der Waals surface area contributed by atoms with Gasteiger partial charge in [-0.2, -0.15) is 0 Å². The van der Waals surface area contributed by atoms with Gasteiger partial charge in [0.15, 0.2) is 10.9 Å². The summed E-state index contributed by atoms with van der Waals surface area (Å²) in [6, 6.07) is 6.01. The van der Waals surface area contributed by atoms with Crippen LogP contribution in [0.2, 0.25) is 0 Å². The largest absolute Gasteiger partial charge is 0.343 e. The molecular weight excluding hydrogens is 380 g/mol. The normalized spacial score (nSPS) is 18.3. The van der Waals surface area contributed by atoms with E-state index < -0.39 is 10.8 Å². The maximum Gasteiger partial charge on any atom is 0.269 e. The fraction of sp³-hybridized carbons (Fsp3) is 0.316. The molecule has 0 fully saturated rings. The number of nitrogens with zero attached hydrogens (tertiary/aromatic N) is 2. The summed E-state index contributed by atoms with van der Waals surface area (Å²) in [5, 5.41) is 14.7. The number of carbonyl (C=O) groups excluding carboxylic acids is 1. The second-order valence-electron chi connectivity index (χ2n) is 6.64. The standard InChI is InChI=1S/C19H18N4O4S/c1-2-28-19-21-17-16(18(25)22-19)14(10-6-8-11(9-7-10)23(26)27)15-12(20-17)4-3-5-13(15)24/h6-9,14H,2-5H2,1H3,(H2,20,21,22,25). The summed E-state index contributed by atoms with van der Waals surface area (Å²) in [6.07, 6.45) is 1.87. The van der Waals surface area contributed by atoms with Crippen molar-refractivity contribution in [3.63, 3.8) is 0 Å². The van der Waals surface area contributed by atoms with Gasteiger partial charge in [0.2, 0.25) is 0 Å². The second-order valence-corrected chi connectivity index (χ2v) is 7.89. The van der Waals surface area contributed by atoms with Gasteiger partial charge in [0.25, 0.3) is 11.2 Å². The summed E-state index contributed by atoms with van der Waals surface area (Å²) in [7, 11) is 0. The van der Waals surface area contributed by atoms with Crippen molar-refractivity contribution in [1.82, 2.24) is 9.97 Å². The van der Waals surface area contributed by atoms with Crippen LogP contribution in [0.1, 0.15) is 43.2 Å². The number of aromatic nitrogens is 2. The first-order chi connectivity index (χ1) is 13.5. The molecule has 2 heterocycles. The molecule has 28 heavy (non-hydrogen) atoms. The lowest BCUT2D eigenvalue weighted by Crippen LogP contribution is -2.32. The topological polar surface area (TPSA) is 118 Å². The first-order valence-electron chi connectivity index (χ1n) is 9.04. The van der Waals surface area contributed by atoms with Crippen LogP contribution in [0.5, 0.6) is 0 Å². The van der Waals surface area contributed by atoms with E-state index in [1.807, 2.05) is 6.92 Å². The van der Waals surface area contributed by atoms with Crippen molar-refractivity contribution in [2.45, 2.75) is 37.3 Å².